The molecule has 3 aromatic rings. The van der Waals surface area contributed by atoms with Crippen LogP contribution in [0.2, 0.25) is 5.02 Å². The van der Waals surface area contributed by atoms with E-state index < -0.39 is 5.97 Å². The molecule has 3 rings (SSSR count). The van der Waals surface area contributed by atoms with Gasteiger partial charge in [-0.1, -0.05) is 11.6 Å². The first-order valence-electron chi connectivity index (χ1n) is 9.88. The Bertz CT molecular complexity index is 1240. The third-order valence-electron chi connectivity index (χ3n) is 4.81. The van der Waals surface area contributed by atoms with Gasteiger partial charge in [-0.05, 0) is 66.6 Å². The Kier molecular flexibility index (Phi) is 7.28. The maximum absolute atomic E-state index is 13.4. The Morgan fingerprint density at radius 2 is 1.78 bits per heavy atom. The third-order valence-corrected chi connectivity index (χ3v) is 5.07. The van der Waals surface area contributed by atoms with Crippen molar-refractivity contribution in [3.63, 3.8) is 0 Å². The molecule has 0 fully saturated rings. The van der Waals surface area contributed by atoms with Crippen LogP contribution in [0.4, 0.5) is 0 Å². The summed E-state index contributed by atoms with van der Waals surface area (Å²) in [4.78, 5) is 37.5. The lowest BCUT2D eigenvalue weighted by atomic mass is 9.92. The van der Waals surface area contributed by atoms with Crippen molar-refractivity contribution >= 4 is 29.4 Å². The van der Waals surface area contributed by atoms with E-state index in [9.17, 15) is 14.4 Å². The predicted octanol–water partition coefficient (Wildman–Crippen LogP) is 4.52. The van der Waals surface area contributed by atoms with Crippen molar-refractivity contribution in [2.45, 2.75) is 6.92 Å². The number of esters is 1. The molecule has 0 unspecified atom stereocenters. The van der Waals surface area contributed by atoms with Gasteiger partial charge in [0.15, 0.2) is 5.78 Å². The normalized spacial score (nSPS) is 10.9. The Morgan fingerprint density at radius 1 is 1.06 bits per heavy atom. The van der Waals surface area contributed by atoms with Crippen LogP contribution in [0.1, 0.15) is 28.4 Å². The van der Waals surface area contributed by atoms with Gasteiger partial charge >= 0.3 is 5.97 Å². The quantitative estimate of drug-likeness (QED) is 0.300. The molecule has 0 saturated carbocycles. The van der Waals surface area contributed by atoms with Gasteiger partial charge in [-0.3, -0.25) is 9.59 Å². The number of benzene rings is 2. The zero-order chi connectivity index (χ0) is 23.3. The molecule has 1 aromatic heterocycles. The summed E-state index contributed by atoms with van der Waals surface area (Å²) in [5.74, 6) is -0.240. The minimum absolute atomic E-state index is 0.232. The van der Waals surface area contributed by atoms with Crippen LogP contribution in [-0.4, -0.2) is 30.0 Å². The van der Waals surface area contributed by atoms with Crippen molar-refractivity contribution in [2.24, 2.45) is 7.05 Å². The highest BCUT2D eigenvalue weighted by molar-refractivity contribution is 6.30. The number of pyridine rings is 1. The van der Waals surface area contributed by atoms with Gasteiger partial charge in [0.1, 0.15) is 5.75 Å². The molecule has 0 spiro atoms. The van der Waals surface area contributed by atoms with Crippen molar-refractivity contribution in [3.05, 3.63) is 92.9 Å². The molecular formula is C25H22ClNO5. The SMILES string of the molecule is CCOC(=O)/C=C/c1cc(=O)n(C)cc1-c1ccc(OC)cc1C(=O)c1ccc(Cl)cc1. The van der Waals surface area contributed by atoms with E-state index in [1.807, 2.05) is 0 Å². The molecule has 0 radical (unpaired) electrons. The summed E-state index contributed by atoms with van der Waals surface area (Å²) in [5, 5.41) is 0.525. The van der Waals surface area contributed by atoms with Crippen LogP contribution in [0.5, 0.6) is 5.75 Å². The first-order chi connectivity index (χ1) is 15.3. The van der Waals surface area contributed by atoms with Gasteiger partial charge in [-0.25, -0.2) is 4.79 Å². The van der Waals surface area contributed by atoms with E-state index in [2.05, 4.69) is 0 Å². The summed E-state index contributed by atoms with van der Waals surface area (Å²) in [6, 6.07) is 13.1. The number of hydrogen-bond acceptors (Lipinski definition) is 5. The number of rotatable bonds is 7. The molecule has 0 aliphatic carbocycles. The molecule has 32 heavy (non-hydrogen) atoms. The van der Waals surface area contributed by atoms with Crippen molar-refractivity contribution < 1.29 is 19.1 Å². The van der Waals surface area contributed by atoms with Gasteiger partial charge in [0, 0.05) is 47.1 Å². The van der Waals surface area contributed by atoms with Gasteiger partial charge < -0.3 is 14.0 Å². The van der Waals surface area contributed by atoms with Crippen molar-refractivity contribution in [3.8, 4) is 16.9 Å². The molecule has 1 heterocycles. The lowest BCUT2D eigenvalue weighted by Gasteiger charge is -2.14. The fraction of sp³-hybridized carbons (Fsp3) is 0.160. The zero-order valence-corrected chi connectivity index (χ0v) is 18.7. The smallest absolute Gasteiger partial charge is 0.330 e. The summed E-state index contributed by atoms with van der Waals surface area (Å²) in [7, 11) is 3.14. The minimum atomic E-state index is -0.522. The fourth-order valence-electron chi connectivity index (χ4n) is 3.19. The molecule has 0 atom stereocenters. The number of nitrogens with zero attached hydrogens (tertiary/aromatic N) is 1. The monoisotopic (exact) mass is 451 g/mol. The fourth-order valence-corrected chi connectivity index (χ4v) is 3.31. The molecule has 164 valence electrons. The molecular weight excluding hydrogens is 430 g/mol. The minimum Gasteiger partial charge on any atom is -0.497 e. The lowest BCUT2D eigenvalue weighted by molar-refractivity contribution is -0.137. The first-order valence-corrected chi connectivity index (χ1v) is 10.3. The Hall–Kier alpha value is -3.64. The largest absolute Gasteiger partial charge is 0.497 e. The average molecular weight is 452 g/mol. The van der Waals surface area contributed by atoms with Crippen LogP contribution in [0.15, 0.2) is 65.6 Å². The topological polar surface area (TPSA) is 74.6 Å². The molecule has 0 saturated heterocycles. The maximum atomic E-state index is 13.4. The second-order valence-corrected chi connectivity index (χ2v) is 7.36. The van der Waals surface area contributed by atoms with E-state index in [1.165, 1.54) is 29.9 Å². The highest BCUT2D eigenvalue weighted by Crippen LogP contribution is 2.32. The molecule has 0 N–H and O–H groups in total. The summed E-state index contributed by atoms with van der Waals surface area (Å²) >= 11 is 5.96. The summed E-state index contributed by atoms with van der Waals surface area (Å²) < 4.78 is 11.7. The summed E-state index contributed by atoms with van der Waals surface area (Å²) in [6.45, 7) is 1.95. The number of aryl methyl sites for hydroxylation is 1. The Morgan fingerprint density at radius 3 is 2.44 bits per heavy atom. The van der Waals surface area contributed by atoms with Crippen LogP contribution in [0, 0.1) is 0 Å². The molecule has 2 aromatic carbocycles. The van der Waals surface area contributed by atoms with Crippen molar-refractivity contribution in [2.75, 3.05) is 13.7 Å². The first kappa shape index (κ1) is 23.0. The van der Waals surface area contributed by atoms with Crippen LogP contribution < -0.4 is 10.3 Å². The number of hydrogen-bond donors (Lipinski definition) is 0. The van der Waals surface area contributed by atoms with Crippen molar-refractivity contribution in [1.82, 2.24) is 4.57 Å². The van der Waals surface area contributed by atoms with Crippen molar-refractivity contribution in [1.29, 1.82) is 0 Å². The van der Waals surface area contributed by atoms with E-state index in [0.717, 1.165) is 0 Å². The average Bonchev–Trinajstić information content (AvgIpc) is 2.79. The van der Waals surface area contributed by atoms with Crippen LogP contribution in [0.25, 0.3) is 17.2 Å². The second-order valence-electron chi connectivity index (χ2n) is 6.92. The maximum Gasteiger partial charge on any atom is 0.330 e. The lowest BCUT2D eigenvalue weighted by Crippen LogP contribution is -2.16. The number of carbonyl (C=O) groups excluding carboxylic acids is 2. The highest BCUT2D eigenvalue weighted by Gasteiger charge is 2.19. The Balaban J connectivity index is 2.20. The van der Waals surface area contributed by atoms with Gasteiger partial charge in [-0.15, -0.1) is 0 Å². The van der Waals surface area contributed by atoms with E-state index >= 15 is 0 Å². The molecule has 6 nitrogen and oxygen atoms in total. The molecule has 0 aliphatic heterocycles. The van der Waals surface area contributed by atoms with Gasteiger partial charge in [0.05, 0.1) is 13.7 Å². The Labute approximate surface area is 190 Å². The highest BCUT2D eigenvalue weighted by atomic mass is 35.5. The third kappa shape index (κ3) is 5.15. The molecule has 0 amide bonds. The van der Waals surface area contributed by atoms with E-state index in [4.69, 9.17) is 21.1 Å². The number of carbonyl (C=O) groups is 2. The van der Waals surface area contributed by atoms with E-state index in [1.54, 1.807) is 62.6 Å². The number of methoxy groups -OCH3 is 1. The molecule has 0 bridgehead atoms. The summed E-state index contributed by atoms with van der Waals surface area (Å²) in [5.41, 5.74) is 2.26. The predicted molar refractivity (Wildman–Crippen MR) is 124 cm³/mol. The van der Waals surface area contributed by atoms with E-state index in [-0.39, 0.29) is 17.9 Å². The van der Waals surface area contributed by atoms with Gasteiger partial charge in [-0.2, -0.15) is 0 Å². The van der Waals surface area contributed by atoms with Gasteiger partial charge in [0.2, 0.25) is 0 Å². The molecule has 0 aliphatic rings. The van der Waals surface area contributed by atoms with Gasteiger partial charge in [0.25, 0.3) is 5.56 Å². The second kappa shape index (κ2) is 10.1. The molecule has 7 heteroatoms. The van der Waals surface area contributed by atoms with Crippen LogP contribution in [0.3, 0.4) is 0 Å². The van der Waals surface area contributed by atoms with Crippen LogP contribution >= 0.6 is 11.6 Å². The standard InChI is InChI=1S/C25H22ClNO5/c1-4-32-24(29)12-7-17-13-23(28)27(2)15-22(17)20-11-10-19(31-3)14-21(20)25(30)16-5-8-18(26)9-6-16/h5-15H,4H2,1-3H3/b12-7+. The number of aromatic nitrogens is 1. The summed E-state index contributed by atoms with van der Waals surface area (Å²) in [6.07, 6.45) is 4.40. The van der Waals surface area contributed by atoms with Crippen LogP contribution in [-0.2, 0) is 16.6 Å². The number of ether oxygens (including phenoxy) is 2. The zero-order valence-electron chi connectivity index (χ0n) is 17.9. The number of halogens is 1. The van der Waals surface area contributed by atoms with E-state index in [0.29, 0.717) is 38.6 Å². The number of ketones is 1.